The van der Waals surface area contributed by atoms with E-state index in [1.54, 1.807) is 6.20 Å². The van der Waals surface area contributed by atoms with Crippen molar-refractivity contribution >= 4 is 18.3 Å². The van der Waals surface area contributed by atoms with E-state index < -0.39 is 0 Å². The lowest BCUT2D eigenvalue weighted by Crippen LogP contribution is -2.41. The van der Waals surface area contributed by atoms with Gasteiger partial charge in [0.15, 0.2) is 0 Å². The number of carbonyl (C=O) groups excluding carboxylic acids is 1. The third-order valence-corrected chi connectivity index (χ3v) is 3.90. The minimum Gasteiger partial charge on any atom is -0.348 e. The molecule has 0 saturated heterocycles. The molecule has 5 nitrogen and oxygen atoms in total. The summed E-state index contributed by atoms with van der Waals surface area (Å²) in [7, 11) is 0. The Labute approximate surface area is 150 Å². The smallest absolute Gasteiger partial charge is 0.255 e. The minimum atomic E-state index is -0.0992. The number of hydrogen-bond acceptors (Lipinski definition) is 3. The lowest BCUT2D eigenvalue weighted by Gasteiger charge is -2.18. The number of nitrogens with zero attached hydrogens (tertiary/aromatic N) is 2. The molecule has 2 aromatic rings. The third kappa shape index (κ3) is 5.35. The van der Waals surface area contributed by atoms with Crippen LogP contribution in [0.1, 0.15) is 41.9 Å². The van der Waals surface area contributed by atoms with Crippen LogP contribution in [0.25, 0.3) is 0 Å². The zero-order chi connectivity index (χ0) is 16.8. The Morgan fingerprint density at radius 3 is 2.54 bits per heavy atom. The van der Waals surface area contributed by atoms with Crippen molar-refractivity contribution in [2.24, 2.45) is 11.7 Å². The van der Waals surface area contributed by atoms with Crippen LogP contribution in [-0.4, -0.2) is 28.3 Å². The molecule has 0 aliphatic rings. The number of nitrogens with two attached hydrogens (primary N) is 1. The van der Waals surface area contributed by atoms with Crippen LogP contribution >= 0.6 is 12.4 Å². The van der Waals surface area contributed by atoms with E-state index in [0.29, 0.717) is 24.6 Å². The molecule has 0 aliphatic carbocycles. The van der Waals surface area contributed by atoms with E-state index in [1.807, 2.05) is 41.9 Å². The van der Waals surface area contributed by atoms with Crippen molar-refractivity contribution < 1.29 is 4.79 Å². The largest absolute Gasteiger partial charge is 0.348 e. The molecule has 1 heterocycles. The van der Waals surface area contributed by atoms with Gasteiger partial charge in [-0.25, -0.2) is 0 Å². The number of amides is 1. The molecule has 1 aromatic carbocycles. The first-order valence-corrected chi connectivity index (χ1v) is 8.08. The van der Waals surface area contributed by atoms with E-state index >= 15 is 0 Å². The van der Waals surface area contributed by atoms with E-state index in [2.05, 4.69) is 24.3 Å². The number of halogens is 1. The predicted octanol–water partition coefficient (Wildman–Crippen LogP) is 2.76. The van der Waals surface area contributed by atoms with Gasteiger partial charge in [0.2, 0.25) is 0 Å². The summed E-state index contributed by atoms with van der Waals surface area (Å²) < 4.78 is 1.85. The van der Waals surface area contributed by atoms with Gasteiger partial charge in [-0.15, -0.1) is 12.4 Å². The van der Waals surface area contributed by atoms with Gasteiger partial charge in [0.25, 0.3) is 5.91 Å². The standard InChI is InChI=1S/C18H26N4O.ClH/c1-13(2)9-16(10-19)21-18(23)17-11-20-22(14(17)3)12-15-7-5-4-6-8-15;/h4-8,11,13,16H,9-10,12,19H2,1-3H3,(H,21,23);1H. The van der Waals surface area contributed by atoms with Gasteiger partial charge in [-0.05, 0) is 24.8 Å². The number of nitrogens with one attached hydrogen (secondary N) is 1. The van der Waals surface area contributed by atoms with Crippen LogP contribution < -0.4 is 11.1 Å². The van der Waals surface area contributed by atoms with Crippen molar-refractivity contribution in [3.63, 3.8) is 0 Å². The highest BCUT2D eigenvalue weighted by molar-refractivity contribution is 5.95. The average molecular weight is 351 g/mol. The normalized spacial score (nSPS) is 11.9. The average Bonchev–Trinajstić information content (AvgIpc) is 2.88. The fraction of sp³-hybridized carbons (Fsp3) is 0.444. The Hall–Kier alpha value is -1.85. The third-order valence-electron chi connectivity index (χ3n) is 3.90. The summed E-state index contributed by atoms with van der Waals surface area (Å²) in [6, 6.07) is 10.1. The van der Waals surface area contributed by atoms with Crippen molar-refractivity contribution in [2.75, 3.05) is 6.54 Å². The zero-order valence-electron chi connectivity index (χ0n) is 14.5. The number of carbonyl (C=O) groups is 1. The summed E-state index contributed by atoms with van der Waals surface area (Å²) in [4.78, 5) is 12.5. The van der Waals surface area contributed by atoms with Gasteiger partial charge in [0.05, 0.1) is 18.3 Å². The summed E-state index contributed by atoms with van der Waals surface area (Å²) in [5, 5.41) is 7.37. The molecule has 0 spiro atoms. The minimum absolute atomic E-state index is 0. The van der Waals surface area contributed by atoms with E-state index in [1.165, 1.54) is 0 Å². The Kier molecular flexibility index (Phi) is 7.95. The Morgan fingerprint density at radius 1 is 1.29 bits per heavy atom. The topological polar surface area (TPSA) is 72.9 Å². The van der Waals surface area contributed by atoms with Crippen molar-refractivity contribution in [2.45, 2.75) is 39.8 Å². The van der Waals surface area contributed by atoms with Crippen molar-refractivity contribution in [3.05, 3.63) is 53.3 Å². The molecule has 0 bridgehead atoms. The maximum absolute atomic E-state index is 12.5. The highest BCUT2D eigenvalue weighted by Gasteiger charge is 2.18. The molecule has 3 N–H and O–H groups in total. The highest BCUT2D eigenvalue weighted by atomic mass is 35.5. The molecule has 24 heavy (non-hydrogen) atoms. The van der Waals surface area contributed by atoms with Gasteiger partial charge in [-0.2, -0.15) is 5.10 Å². The van der Waals surface area contributed by atoms with Crippen LogP contribution in [0.5, 0.6) is 0 Å². The van der Waals surface area contributed by atoms with E-state index in [4.69, 9.17) is 5.73 Å². The summed E-state index contributed by atoms with van der Waals surface area (Å²) in [6.45, 7) is 7.27. The second-order valence-corrected chi connectivity index (χ2v) is 6.32. The van der Waals surface area contributed by atoms with E-state index in [0.717, 1.165) is 17.7 Å². The van der Waals surface area contributed by atoms with Gasteiger partial charge in [-0.3, -0.25) is 9.48 Å². The molecular formula is C18H27ClN4O. The molecule has 1 amide bonds. The van der Waals surface area contributed by atoms with Crippen molar-refractivity contribution in [1.82, 2.24) is 15.1 Å². The predicted molar refractivity (Wildman–Crippen MR) is 99.5 cm³/mol. The number of benzene rings is 1. The quantitative estimate of drug-likeness (QED) is 0.806. The molecule has 6 heteroatoms. The lowest BCUT2D eigenvalue weighted by atomic mass is 10.0. The molecule has 2 rings (SSSR count). The number of hydrogen-bond donors (Lipinski definition) is 2. The van der Waals surface area contributed by atoms with Crippen LogP contribution in [0.4, 0.5) is 0 Å². The summed E-state index contributed by atoms with van der Waals surface area (Å²) in [5.41, 5.74) is 8.40. The maximum atomic E-state index is 12.5. The van der Waals surface area contributed by atoms with Gasteiger partial charge >= 0.3 is 0 Å². The Bertz CT molecular complexity index is 640. The number of rotatable bonds is 7. The second-order valence-electron chi connectivity index (χ2n) is 6.32. The first kappa shape index (κ1) is 20.2. The first-order valence-electron chi connectivity index (χ1n) is 8.08. The molecule has 0 fully saturated rings. The molecule has 1 atom stereocenters. The fourth-order valence-corrected chi connectivity index (χ4v) is 2.63. The molecule has 0 saturated carbocycles. The summed E-state index contributed by atoms with van der Waals surface area (Å²) in [5.74, 6) is 0.392. The van der Waals surface area contributed by atoms with Crippen molar-refractivity contribution in [3.8, 4) is 0 Å². The monoisotopic (exact) mass is 350 g/mol. The van der Waals surface area contributed by atoms with Crippen LogP contribution in [0.2, 0.25) is 0 Å². The van der Waals surface area contributed by atoms with Gasteiger partial charge in [0.1, 0.15) is 0 Å². The first-order chi connectivity index (χ1) is 11.0. The molecule has 0 aliphatic heterocycles. The van der Waals surface area contributed by atoms with E-state index in [-0.39, 0.29) is 24.4 Å². The fourth-order valence-electron chi connectivity index (χ4n) is 2.63. The molecular weight excluding hydrogens is 324 g/mol. The summed E-state index contributed by atoms with van der Waals surface area (Å²) >= 11 is 0. The molecule has 1 unspecified atom stereocenters. The number of aromatic nitrogens is 2. The SMILES string of the molecule is Cc1c(C(=O)NC(CN)CC(C)C)cnn1Cc1ccccc1.Cl. The highest BCUT2D eigenvalue weighted by Crippen LogP contribution is 2.11. The Morgan fingerprint density at radius 2 is 1.96 bits per heavy atom. The molecule has 132 valence electrons. The van der Waals surface area contributed by atoms with Gasteiger partial charge in [-0.1, -0.05) is 44.2 Å². The van der Waals surface area contributed by atoms with Crippen LogP contribution in [0.3, 0.4) is 0 Å². The molecule has 0 radical (unpaired) electrons. The lowest BCUT2D eigenvalue weighted by molar-refractivity contribution is 0.0933. The van der Waals surface area contributed by atoms with Gasteiger partial charge < -0.3 is 11.1 Å². The summed E-state index contributed by atoms with van der Waals surface area (Å²) in [6.07, 6.45) is 2.51. The maximum Gasteiger partial charge on any atom is 0.255 e. The van der Waals surface area contributed by atoms with Crippen LogP contribution in [0.15, 0.2) is 36.5 Å². The zero-order valence-corrected chi connectivity index (χ0v) is 15.3. The van der Waals surface area contributed by atoms with Crippen molar-refractivity contribution in [1.29, 1.82) is 0 Å². The Balaban J connectivity index is 0.00000288. The second kappa shape index (κ2) is 9.45. The van der Waals surface area contributed by atoms with Crippen LogP contribution in [-0.2, 0) is 6.54 Å². The van der Waals surface area contributed by atoms with E-state index in [9.17, 15) is 4.79 Å². The van der Waals surface area contributed by atoms with Crippen LogP contribution in [0, 0.1) is 12.8 Å². The molecule has 1 aromatic heterocycles. The van der Waals surface area contributed by atoms with Gasteiger partial charge in [0, 0.05) is 18.3 Å².